The maximum Gasteiger partial charge on any atom is 0.241 e. The lowest BCUT2D eigenvalue weighted by Gasteiger charge is -2.16. The third-order valence-corrected chi connectivity index (χ3v) is 5.53. The van der Waals surface area contributed by atoms with E-state index in [1.807, 2.05) is 6.07 Å². The van der Waals surface area contributed by atoms with Gasteiger partial charge in [-0.15, -0.1) is 0 Å². The Morgan fingerprint density at radius 3 is 2.71 bits per heavy atom. The zero-order valence-electron chi connectivity index (χ0n) is 13.4. The maximum absolute atomic E-state index is 13.1. The van der Waals surface area contributed by atoms with E-state index in [1.165, 1.54) is 12.1 Å². The molecular weight excluding hydrogens is 331 g/mol. The molecule has 0 amide bonds. The molecule has 1 aliphatic rings. The lowest BCUT2D eigenvalue weighted by Crippen LogP contribution is -2.26. The Morgan fingerprint density at radius 1 is 1.25 bits per heavy atom. The highest BCUT2D eigenvalue weighted by molar-refractivity contribution is 7.89. The van der Waals surface area contributed by atoms with E-state index < -0.39 is 15.8 Å². The van der Waals surface area contributed by atoms with Gasteiger partial charge in [0.25, 0.3) is 0 Å². The molecule has 0 atom stereocenters. The van der Waals surface area contributed by atoms with Crippen LogP contribution in [0.15, 0.2) is 35.4 Å². The first-order valence-corrected chi connectivity index (χ1v) is 9.27. The smallest absolute Gasteiger partial charge is 0.241 e. The molecule has 0 aliphatic carbocycles. The molecule has 0 saturated carbocycles. The van der Waals surface area contributed by atoms with Gasteiger partial charge >= 0.3 is 0 Å². The molecule has 24 heavy (non-hydrogen) atoms. The summed E-state index contributed by atoms with van der Waals surface area (Å²) in [7, 11) is -3.75. The summed E-state index contributed by atoms with van der Waals surface area (Å²) < 4.78 is 40.4. The lowest BCUT2D eigenvalue weighted by atomic mass is 10.2. The van der Waals surface area contributed by atoms with Gasteiger partial charge in [0.05, 0.1) is 11.4 Å². The highest BCUT2D eigenvalue weighted by Gasteiger charge is 2.18. The van der Waals surface area contributed by atoms with Crippen LogP contribution in [0, 0.1) is 12.7 Å². The topological polar surface area (TPSA) is 75.2 Å². The van der Waals surface area contributed by atoms with Gasteiger partial charge in [0.2, 0.25) is 10.0 Å². The van der Waals surface area contributed by atoms with E-state index in [1.54, 1.807) is 13.1 Å². The molecule has 1 fully saturated rings. The Labute approximate surface area is 140 Å². The first-order chi connectivity index (χ1) is 11.5. The molecule has 0 radical (unpaired) electrons. The Hall–Kier alpha value is -2.06. The molecule has 8 heteroatoms. The molecule has 128 valence electrons. The Kier molecular flexibility index (Phi) is 4.77. The average Bonchev–Trinajstić information content (AvgIpc) is 3.07. The number of benzene rings is 1. The number of nitrogens with zero attached hydrogens (tertiary/aromatic N) is 3. The summed E-state index contributed by atoms with van der Waals surface area (Å²) in [4.78, 5) is 10.7. The fourth-order valence-electron chi connectivity index (χ4n) is 2.75. The molecule has 1 aromatic carbocycles. The highest BCUT2D eigenvalue weighted by Crippen LogP contribution is 2.18. The monoisotopic (exact) mass is 350 g/mol. The average molecular weight is 350 g/mol. The van der Waals surface area contributed by atoms with Crippen molar-refractivity contribution in [1.29, 1.82) is 0 Å². The minimum atomic E-state index is -3.75. The number of aromatic nitrogens is 2. The van der Waals surface area contributed by atoms with Crippen molar-refractivity contribution in [2.75, 3.05) is 18.0 Å². The SMILES string of the molecule is Cc1cc(F)ccc1S(=O)(=O)NCc1nccc(N2CCCC2)n1. The van der Waals surface area contributed by atoms with Crippen LogP contribution in [0.4, 0.5) is 10.2 Å². The maximum atomic E-state index is 13.1. The number of aryl methyl sites for hydroxylation is 1. The second-order valence-electron chi connectivity index (χ2n) is 5.76. The van der Waals surface area contributed by atoms with Crippen molar-refractivity contribution in [2.24, 2.45) is 0 Å². The second kappa shape index (κ2) is 6.82. The molecule has 1 N–H and O–H groups in total. The van der Waals surface area contributed by atoms with Crippen LogP contribution in [-0.4, -0.2) is 31.5 Å². The number of hydrogen-bond donors (Lipinski definition) is 1. The molecule has 6 nitrogen and oxygen atoms in total. The van der Waals surface area contributed by atoms with E-state index in [0.29, 0.717) is 11.4 Å². The van der Waals surface area contributed by atoms with Crippen LogP contribution in [-0.2, 0) is 16.6 Å². The fraction of sp³-hybridized carbons (Fsp3) is 0.375. The number of sulfonamides is 1. The molecule has 1 saturated heterocycles. The van der Waals surface area contributed by atoms with Crippen molar-refractivity contribution < 1.29 is 12.8 Å². The van der Waals surface area contributed by atoms with Crippen LogP contribution in [0.2, 0.25) is 0 Å². The van der Waals surface area contributed by atoms with Crippen molar-refractivity contribution in [3.63, 3.8) is 0 Å². The Balaban J connectivity index is 1.73. The zero-order chi connectivity index (χ0) is 17.2. The van der Waals surface area contributed by atoms with Crippen molar-refractivity contribution in [2.45, 2.75) is 31.2 Å². The first kappa shape index (κ1) is 16.8. The standard InChI is InChI=1S/C16H19FN4O2S/c1-12-10-13(17)4-5-14(12)24(22,23)19-11-15-18-7-6-16(20-15)21-8-2-3-9-21/h4-7,10,19H,2-3,8-9,11H2,1H3. The summed E-state index contributed by atoms with van der Waals surface area (Å²) >= 11 is 0. The summed E-state index contributed by atoms with van der Waals surface area (Å²) in [6, 6.07) is 5.41. The van der Waals surface area contributed by atoms with Crippen molar-refractivity contribution in [3.05, 3.63) is 47.7 Å². The fourth-order valence-corrected chi connectivity index (χ4v) is 3.95. The van der Waals surface area contributed by atoms with Crippen LogP contribution in [0.3, 0.4) is 0 Å². The largest absolute Gasteiger partial charge is 0.357 e. The third kappa shape index (κ3) is 3.70. The molecule has 1 aromatic heterocycles. The van der Waals surface area contributed by atoms with Crippen molar-refractivity contribution >= 4 is 15.8 Å². The van der Waals surface area contributed by atoms with Gasteiger partial charge in [-0.3, -0.25) is 0 Å². The molecule has 0 unspecified atom stereocenters. The van der Waals surface area contributed by atoms with E-state index in [2.05, 4.69) is 19.6 Å². The minimum Gasteiger partial charge on any atom is -0.357 e. The quantitative estimate of drug-likeness (QED) is 0.893. The number of nitrogens with one attached hydrogen (secondary N) is 1. The number of hydrogen-bond acceptors (Lipinski definition) is 5. The molecule has 2 aromatic rings. The normalized spacial score (nSPS) is 15.0. The van der Waals surface area contributed by atoms with Crippen LogP contribution < -0.4 is 9.62 Å². The molecular formula is C16H19FN4O2S. The van der Waals surface area contributed by atoms with E-state index in [9.17, 15) is 12.8 Å². The van der Waals surface area contributed by atoms with Gasteiger partial charge in [0.1, 0.15) is 17.5 Å². The van der Waals surface area contributed by atoms with Crippen LogP contribution >= 0.6 is 0 Å². The van der Waals surface area contributed by atoms with Crippen molar-refractivity contribution in [1.82, 2.24) is 14.7 Å². The van der Waals surface area contributed by atoms with E-state index in [0.717, 1.165) is 37.8 Å². The Bertz CT molecular complexity index is 836. The summed E-state index contributed by atoms with van der Waals surface area (Å²) in [5, 5.41) is 0. The molecule has 2 heterocycles. The number of halogens is 1. The summed E-state index contributed by atoms with van der Waals surface area (Å²) in [5.74, 6) is 0.755. The summed E-state index contributed by atoms with van der Waals surface area (Å²) in [5.41, 5.74) is 0.356. The predicted octanol–water partition coefficient (Wildman–Crippen LogP) is 2.00. The second-order valence-corrected chi connectivity index (χ2v) is 7.49. The van der Waals surface area contributed by atoms with Gasteiger partial charge in [-0.2, -0.15) is 0 Å². The van der Waals surface area contributed by atoms with Gasteiger partial charge < -0.3 is 4.90 Å². The summed E-state index contributed by atoms with van der Waals surface area (Å²) in [6.07, 6.45) is 3.90. The van der Waals surface area contributed by atoms with Gasteiger partial charge in [0.15, 0.2) is 0 Å². The molecule has 1 aliphatic heterocycles. The van der Waals surface area contributed by atoms with Crippen LogP contribution in [0.25, 0.3) is 0 Å². The van der Waals surface area contributed by atoms with E-state index in [-0.39, 0.29) is 11.4 Å². The first-order valence-electron chi connectivity index (χ1n) is 7.78. The Morgan fingerprint density at radius 2 is 2.00 bits per heavy atom. The van der Waals surface area contributed by atoms with Crippen molar-refractivity contribution in [3.8, 4) is 0 Å². The summed E-state index contributed by atoms with van der Waals surface area (Å²) in [6.45, 7) is 3.46. The molecule has 3 rings (SSSR count). The number of rotatable bonds is 5. The van der Waals surface area contributed by atoms with Gasteiger partial charge in [-0.25, -0.2) is 27.5 Å². The van der Waals surface area contributed by atoms with Crippen LogP contribution in [0.1, 0.15) is 24.2 Å². The predicted molar refractivity (Wildman–Crippen MR) is 88.6 cm³/mol. The number of anilines is 1. The molecule has 0 spiro atoms. The minimum absolute atomic E-state index is 0.0131. The van der Waals surface area contributed by atoms with Gasteiger partial charge in [0, 0.05) is 19.3 Å². The molecule has 0 bridgehead atoms. The van der Waals surface area contributed by atoms with E-state index in [4.69, 9.17) is 0 Å². The van der Waals surface area contributed by atoms with Gasteiger partial charge in [-0.05, 0) is 49.6 Å². The third-order valence-electron chi connectivity index (χ3n) is 3.97. The van der Waals surface area contributed by atoms with Crippen LogP contribution in [0.5, 0.6) is 0 Å². The van der Waals surface area contributed by atoms with E-state index >= 15 is 0 Å². The van der Waals surface area contributed by atoms with Gasteiger partial charge in [-0.1, -0.05) is 0 Å². The lowest BCUT2D eigenvalue weighted by molar-refractivity contribution is 0.577. The zero-order valence-corrected chi connectivity index (χ0v) is 14.2. The highest BCUT2D eigenvalue weighted by atomic mass is 32.2.